The zero-order valence-corrected chi connectivity index (χ0v) is 17.1. The van der Waals surface area contributed by atoms with E-state index in [4.69, 9.17) is 9.47 Å². The molecule has 0 radical (unpaired) electrons. The Labute approximate surface area is 175 Å². The minimum absolute atomic E-state index is 0.161. The van der Waals surface area contributed by atoms with Crippen LogP contribution in [0.1, 0.15) is 11.1 Å². The van der Waals surface area contributed by atoms with E-state index >= 15 is 0 Å². The summed E-state index contributed by atoms with van der Waals surface area (Å²) >= 11 is 1.26. The molecule has 0 unspecified atom stereocenters. The van der Waals surface area contributed by atoms with Gasteiger partial charge in [-0.2, -0.15) is 9.61 Å². The molecular formula is C21H18N4O4S. The fourth-order valence-corrected chi connectivity index (χ4v) is 3.77. The summed E-state index contributed by atoms with van der Waals surface area (Å²) in [7, 11) is 1.51. The van der Waals surface area contributed by atoms with Crippen molar-refractivity contribution < 1.29 is 14.3 Å². The predicted octanol–water partition coefficient (Wildman–Crippen LogP) is 2.03. The molecule has 0 fully saturated rings. The Bertz CT molecular complexity index is 1330. The first-order chi connectivity index (χ1) is 14.5. The summed E-state index contributed by atoms with van der Waals surface area (Å²) in [6, 6.07) is 12.7. The van der Waals surface area contributed by atoms with Crippen molar-refractivity contribution in [3.63, 3.8) is 0 Å². The van der Waals surface area contributed by atoms with Crippen LogP contribution in [0.2, 0.25) is 0 Å². The van der Waals surface area contributed by atoms with E-state index in [2.05, 4.69) is 15.4 Å². The minimum atomic E-state index is -0.274. The Morgan fingerprint density at radius 2 is 2.10 bits per heavy atom. The number of thiazole rings is 1. The SMILES string of the molecule is COc1cc(/C=c2\sc3ncnn3c2=O)ccc1OCC(=O)Nc1cccc(C)c1. The highest BCUT2D eigenvalue weighted by molar-refractivity contribution is 7.15. The van der Waals surface area contributed by atoms with E-state index in [0.717, 1.165) is 11.1 Å². The highest BCUT2D eigenvalue weighted by Gasteiger charge is 2.10. The second-order valence-electron chi connectivity index (χ2n) is 6.49. The van der Waals surface area contributed by atoms with Gasteiger partial charge in [0.1, 0.15) is 6.33 Å². The molecule has 1 amide bonds. The molecule has 30 heavy (non-hydrogen) atoms. The van der Waals surface area contributed by atoms with Gasteiger partial charge in [0.05, 0.1) is 11.6 Å². The van der Waals surface area contributed by atoms with E-state index in [9.17, 15) is 9.59 Å². The second-order valence-corrected chi connectivity index (χ2v) is 7.50. The summed E-state index contributed by atoms with van der Waals surface area (Å²) in [4.78, 5) is 29.0. The number of fused-ring (bicyclic) bond motifs is 1. The van der Waals surface area contributed by atoms with Crippen molar-refractivity contribution in [3.05, 3.63) is 74.8 Å². The van der Waals surface area contributed by atoms with Gasteiger partial charge >= 0.3 is 0 Å². The van der Waals surface area contributed by atoms with Crippen LogP contribution in [0.4, 0.5) is 5.69 Å². The molecule has 2 aromatic heterocycles. The third kappa shape index (κ3) is 4.15. The zero-order valence-electron chi connectivity index (χ0n) is 16.3. The van der Waals surface area contributed by atoms with E-state index in [1.807, 2.05) is 31.2 Å². The minimum Gasteiger partial charge on any atom is -0.493 e. The molecule has 0 atom stereocenters. The Morgan fingerprint density at radius 3 is 2.87 bits per heavy atom. The van der Waals surface area contributed by atoms with E-state index in [0.29, 0.717) is 26.7 Å². The molecule has 4 aromatic rings. The fraction of sp³-hybridized carbons (Fsp3) is 0.143. The lowest BCUT2D eigenvalue weighted by molar-refractivity contribution is -0.118. The van der Waals surface area contributed by atoms with Gasteiger partial charge in [-0.05, 0) is 48.4 Å². The van der Waals surface area contributed by atoms with Gasteiger partial charge in [0.15, 0.2) is 18.1 Å². The van der Waals surface area contributed by atoms with E-state index < -0.39 is 0 Å². The molecule has 4 rings (SSSR count). The first kappa shape index (κ1) is 19.6. The average Bonchev–Trinajstić information content (AvgIpc) is 3.30. The number of nitrogens with one attached hydrogen (secondary N) is 1. The number of amides is 1. The molecule has 0 bridgehead atoms. The monoisotopic (exact) mass is 422 g/mol. The Morgan fingerprint density at radius 1 is 1.23 bits per heavy atom. The van der Waals surface area contributed by atoms with Crippen LogP contribution in [-0.2, 0) is 4.79 Å². The molecule has 152 valence electrons. The maximum atomic E-state index is 12.3. The van der Waals surface area contributed by atoms with Crippen molar-refractivity contribution in [1.82, 2.24) is 14.6 Å². The quantitative estimate of drug-likeness (QED) is 0.511. The lowest BCUT2D eigenvalue weighted by Crippen LogP contribution is -2.23. The number of anilines is 1. The third-order valence-electron chi connectivity index (χ3n) is 4.27. The second kappa shape index (κ2) is 8.34. The van der Waals surface area contributed by atoms with Gasteiger partial charge in [-0.1, -0.05) is 29.5 Å². The number of benzene rings is 2. The lowest BCUT2D eigenvalue weighted by atomic mass is 10.2. The number of aryl methyl sites for hydroxylation is 1. The van der Waals surface area contributed by atoms with Crippen LogP contribution in [0, 0.1) is 6.92 Å². The number of carbonyl (C=O) groups excluding carboxylic acids is 1. The molecule has 0 aliphatic rings. The summed E-state index contributed by atoms with van der Waals surface area (Å²) in [5, 5.41) is 6.70. The molecule has 2 heterocycles. The largest absolute Gasteiger partial charge is 0.493 e. The Hall–Kier alpha value is -3.72. The fourth-order valence-electron chi connectivity index (χ4n) is 2.89. The molecule has 0 aliphatic carbocycles. The van der Waals surface area contributed by atoms with Crippen LogP contribution < -0.4 is 24.9 Å². The molecule has 0 saturated carbocycles. The molecular weight excluding hydrogens is 404 g/mol. The van der Waals surface area contributed by atoms with Crippen molar-refractivity contribution in [2.24, 2.45) is 0 Å². The number of hydrogen-bond acceptors (Lipinski definition) is 7. The van der Waals surface area contributed by atoms with Crippen molar-refractivity contribution in [2.45, 2.75) is 6.92 Å². The maximum Gasteiger partial charge on any atom is 0.291 e. The molecule has 0 saturated heterocycles. The summed E-state index contributed by atoms with van der Waals surface area (Å²) in [5.41, 5.74) is 2.30. The van der Waals surface area contributed by atoms with Gasteiger partial charge in [0.2, 0.25) is 4.96 Å². The molecule has 0 aliphatic heterocycles. The number of carbonyl (C=O) groups is 1. The van der Waals surface area contributed by atoms with Crippen molar-refractivity contribution in [2.75, 3.05) is 19.0 Å². The standard InChI is InChI=1S/C21H18N4O4S/c1-13-4-3-5-15(8-13)24-19(26)11-29-16-7-6-14(9-17(16)28-2)10-18-20(27)25-21(30-18)22-12-23-25/h3-10,12H,11H2,1-2H3,(H,24,26)/b18-10-. The van der Waals surface area contributed by atoms with Gasteiger partial charge in [0.25, 0.3) is 11.5 Å². The number of ether oxygens (including phenoxy) is 2. The van der Waals surface area contributed by atoms with E-state index in [1.165, 1.54) is 29.3 Å². The van der Waals surface area contributed by atoms with Gasteiger partial charge < -0.3 is 14.8 Å². The molecule has 9 heteroatoms. The number of hydrogen-bond donors (Lipinski definition) is 1. The van der Waals surface area contributed by atoms with Crippen LogP contribution in [-0.4, -0.2) is 34.2 Å². The first-order valence-corrected chi connectivity index (χ1v) is 9.87. The molecule has 0 spiro atoms. The zero-order chi connectivity index (χ0) is 21.1. The van der Waals surface area contributed by atoms with Gasteiger partial charge in [-0.3, -0.25) is 9.59 Å². The summed E-state index contributed by atoms with van der Waals surface area (Å²) in [6.07, 6.45) is 3.08. The number of methoxy groups -OCH3 is 1. The topological polar surface area (TPSA) is 94.8 Å². The maximum absolute atomic E-state index is 12.3. The van der Waals surface area contributed by atoms with Gasteiger partial charge in [-0.15, -0.1) is 0 Å². The van der Waals surface area contributed by atoms with Crippen molar-refractivity contribution >= 4 is 34.0 Å². The Balaban J connectivity index is 1.49. The Kier molecular flexibility index (Phi) is 5.44. The number of rotatable bonds is 6. The van der Waals surface area contributed by atoms with Crippen molar-refractivity contribution in [1.29, 1.82) is 0 Å². The van der Waals surface area contributed by atoms with Crippen LogP contribution in [0.25, 0.3) is 11.0 Å². The molecule has 8 nitrogen and oxygen atoms in total. The first-order valence-electron chi connectivity index (χ1n) is 9.05. The predicted molar refractivity (Wildman–Crippen MR) is 114 cm³/mol. The normalized spacial score (nSPS) is 11.6. The summed E-state index contributed by atoms with van der Waals surface area (Å²) in [6.45, 7) is 1.79. The average molecular weight is 422 g/mol. The number of nitrogens with zero attached hydrogens (tertiary/aromatic N) is 3. The van der Waals surface area contributed by atoms with Crippen molar-refractivity contribution in [3.8, 4) is 11.5 Å². The van der Waals surface area contributed by atoms with Crippen LogP contribution in [0.15, 0.2) is 53.6 Å². The summed E-state index contributed by atoms with van der Waals surface area (Å²) in [5.74, 6) is 0.613. The van der Waals surface area contributed by atoms with Crippen LogP contribution in [0.5, 0.6) is 11.5 Å². The summed E-state index contributed by atoms with van der Waals surface area (Å²) < 4.78 is 12.8. The van der Waals surface area contributed by atoms with Gasteiger partial charge in [-0.25, -0.2) is 4.98 Å². The number of aromatic nitrogens is 3. The van der Waals surface area contributed by atoms with Crippen LogP contribution >= 0.6 is 11.3 Å². The lowest BCUT2D eigenvalue weighted by Gasteiger charge is -2.11. The van der Waals surface area contributed by atoms with E-state index in [1.54, 1.807) is 24.3 Å². The molecule has 1 N–H and O–H groups in total. The molecule has 2 aromatic carbocycles. The van der Waals surface area contributed by atoms with Crippen LogP contribution in [0.3, 0.4) is 0 Å². The highest BCUT2D eigenvalue weighted by atomic mass is 32.1. The third-order valence-corrected chi connectivity index (χ3v) is 5.24. The van der Waals surface area contributed by atoms with Gasteiger partial charge in [0, 0.05) is 5.69 Å². The van der Waals surface area contributed by atoms with E-state index in [-0.39, 0.29) is 18.1 Å². The highest BCUT2D eigenvalue weighted by Crippen LogP contribution is 2.28. The smallest absolute Gasteiger partial charge is 0.291 e.